The lowest BCUT2D eigenvalue weighted by molar-refractivity contribution is -0.131. The predicted octanol–water partition coefficient (Wildman–Crippen LogP) is 5.23. The number of amides is 4. The first-order chi connectivity index (χ1) is 16.1. The van der Waals surface area contributed by atoms with E-state index in [4.69, 9.17) is 0 Å². The van der Waals surface area contributed by atoms with E-state index in [1.807, 2.05) is 55.5 Å². The summed E-state index contributed by atoms with van der Waals surface area (Å²) in [4.78, 5) is 45.8. The molecule has 0 spiro atoms. The van der Waals surface area contributed by atoms with Crippen LogP contribution in [0.3, 0.4) is 0 Å². The lowest BCUT2D eigenvalue weighted by Crippen LogP contribution is -2.40. The maximum Gasteiger partial charge on any atom is 0.325 e. The van der Waals surface area contributed by atoms with Crippen LogP contribution < -0.4 is 10.2 Å². The lowest BCUT2D eigenvalue weighted by atomic mass is 9.90. The number of rotatable bonds is 6. The molecule has 0 aliphatic carbocycles. The molecule has 2 heterocycles. The molecule has 1 fully saturated rings. The molecule has 1 saturated heterocycles. The Morgan fingerprint density at radius 1 is 1.18 bits per heavy atom. The number of aryl methyl sites for hydroxylation is 1. The number of anilines is 2. The molecular weight excluding hydrogens is 448 g/mol. The Kier molecular flexibility index (Phi) is 6.27. The van der Waals surface area contributed by atoms with E-state index in [0.29, 0.717) is 16.7 Å². The van der Waals surface area contributed by atoms with Gasteiger partial charge in [0, 0.05) is 12.3 Å². The number of urea groups is 1. The number of imide groups is 1. The second-order valence-electron chi connectivity index (χ2n) is 9.04. The summed E-state index contributed by atoms with van der Waals surface area (Å²) < 4.78 is 0. The van der Waals surface area contributed by atoms with Gasteiger partial charge in [0.25, 0.3) is 5.91 Å². The van der Waals surface area contributed by atoms with Crippen LogP contribution >= 0.6 is 11.3 Å². The summed E-state index contributed by atoms with van der Waals surface area (Å²) in [6.07, 6.45) is 0. The molecule has 4 amide bonds. The van der Waals surface area contributed by atoms with Crippen LogP contribution in [0.15, 0.2) is 53.9 Å². The van der Waals surface area contributed by atoms with Gasteiger partial charge in [-0.2, -0.15) is 0 Å². The molecule has 4 rings (SSSR count). The highest BCUT2D eigenvalue weighted by molar-refractivity contribution is 7.14. The molecule has 1 atom stereocenters. The number of hydrogen-bond donors (Lipinski definition) is 1. The van der Waals surface area contributed by atoms with E-state index in [2.05, 4.69) is 24.1 Å². The van der Waals surface area contributed by atoms with Crippen molar-refractivity contribution in [3.63, 3.8) is 0 Å². The first kappa shape index (κ1) is 23.6. The molecule has 1 aromatic heterocycles. The molecule has 34 heavy (non-hydrogen) atoms. The van der Waals surface area contributed by atoms with E-state index in [1.165, 1.54) is 33.6 Å². The summed E-state index contributed by atoms with van der Waals surface area (Å²) >= 11 is 1.30. The first-order valence-electron chi connectivity index (χ1n) is 11.2. The van der Waals surface area contributed by atoms with E-state index in [-0.39, 0.29) is 18.4 Å². The minimum atomic E-state index is -1.14. The molecule has 8 heteroatoms. The molecule has 176 valence electrons. The zero-order valence-corrected chi connectivity index (χ0v) is 20.8. The van der Waals surface area contributed by atoms with Gasteiger partial charge in [-0.05, 0) is 48.6 Å². The van der Waals surface area contributed by atoms with Gasteiger partial charge in [0.15, 0.2) is 5.13 Å². The average Bonchev–Trinajstić information content (AvgIpc) is 3.32. The smallest absolute Gasteiger partial charge is 0.319 e. The van der Waals surface area contributed by atoms with Crippen molar-refractivity contribution in [2.24, 2.45) is 0 Å². The number of nitrogens with zero attached hydrogens (tertiary/aromatic N) is 3. The third-order valence-corrected chi connectivity index (χ3v) is 6.93. The normalized spacial score (nSPS) is 17.9. The minimum absolute atomic E-state index is 0.0282. The Balaban J connectivity index is 1.56. The van der Waals surface area contributed by atoms with Gasteiger partial charge in [-0.3, -0.25) is 19.4 Å². The standard InChI is InChI=1S/C26H28N4O3S/c1-16(2)19-9-11-20(12-10-19)26(5)23(32)29(24(33)28-26)14-21-15-34-25(27-21)30(18(4)31)22-8-6-7-17(3)13-22/h6-13,15-16H,14H2,1-5H3,(H,28,33). The summed E-state index contributed by atoms with van der Waals surface area (Å²) in [7, 11) is 0. The molecule has 7 nitrogen and oxygen atoms in total. The Bertz CT molecular complexity index is 1250. The molecule has 2 aromatic carbocycles. The van der Waals surface area contributed by atoms with Crippen molar-refractivity contribution < 1.29 is 14.4 Å². The minimum Gasteiger partial charge on any atom is -0.319 e. The predicted molar refractivity (Wildman–Crippen MR) is 133 cm³/mol. The molecule has 1 unspecified atom stereocenters. The van der Waals surface area contributed by atoms with E-state index in [0.717, 1.165) is 16.8 Å². The molecule has 1 aliphatic rings. The quantitative estimate of drug-likeness (QED) is 0.494. The first-order valence-corrected chi connectivity index (χ1v) is 12.0. The maximum absolute atomic E-state index is 13.3. The number of hydrogen-bond acceptors (Lipinski definition) is 5. The zero-order chi connectivity index (χ0) is 24.6. The van der Waals surface area contributed by atoms with Gasteiger partial charge in [-0.15, -0.1) is 11.3 Å². The van der Waals surface area contributed by atoms with Gasteiger partial charge in [0.2, 0.25) is 5.91 Å². The second kappa shape index (κ2) is 9.02. The number of carbonyl (C=O) groups excluding carboxylic acids is 3. The van der Waals surface area contributed by atoms with Crippen LogP contribution in [0.2, 0.25) is 0 Å². The molecule has 1 aliphatic heterocycles. The molecular formula is C26H28N4O3S. The van der Waals surface area contributed by atoms with Gasteiger partial charge < -0.3 is 5.32 Å². The van der Waals surface area contributed by atoms with E-state index in [1.54, 1.807) is 12.3 Å². The highest BCUT2D eigenvalue weighted by atomic mass is 32.1. The average molecular weight is 477 g/mol. The van der Waals surface area contributed by atoms with Crippen LogP contribution in [-0.4, -0.2) is 27.7 Å². The van der Waals surface area contributed by atoms with Gasteiger partial charge in [-0.1, -0.05) is 50.2 Å². The van der Waals surface area contributed by atoms with Gasteiger partial charge in [0.1, 0.15) is 5.54 Å². The Morgan fingerprint density at radius 3 is 2.50 bits per heavy atom. The molecule has 1 N–H and O–H groups in total. The van der Waals surface area contributed by atoms with E-state index in [9.17, 15) is 14.4 Å². The summed E-state index contributed by atoms with van der Waals surface area (Å²) in [6.45, 7) is 9.40. The lowest BCUT2D eigenvalue weighted by Gasteiger charge is -2.22. The number of carbonyl (C=O) groups is 3. The van der Waals surface area contributed by atoms with Crippen LogP contribution in [0.1, 0.15) is 56.0 Å². The Morgan fingerprint density at radius 2 is 1.88 bits per heavy atom. The third kappa shape index (κ3) is 4.33. The largest absolute Gasteiger partial charge is 0.325 e. The fourth-order valence-electron chi connectivity index (χ4n) is 4.07. The summed E-state index contributed by atoms with van der Waals surface area (Å²) in [5.41, 5.74) is 3.06. The van der Waals surface area contributed by atoms with Crippen molar-refractivity contribution in [3.8, 4) is 0 Å². The van der Waals surface area contributed by atoms with E-state index >= 15 is 0 Å². The SMILES string of the molecule is CC(=O)N(c1cccc(C)c1)c1nc(CN2C(=O)NC(C)(c3ccc(C(C)C)cc3)C2=O)cs1. The van der Waals surface area contributed by atoms with Crippen molar-refractivity contribution in [1.29, 1.82) is 0 Å². The van der Waals surface area contributed by atoms with Crippen molar-refractivity contribution in [2.45, 2.75) is 52.6 Å². The second-order valence-corrected chi connectivity index (χ2v) is 9.87. The number of thiazole rings is 1. The fourth-order valence-corrected chi connectivity index (χ4v) is 4.94. The Labute approximate surface area is 203 Å². The van der Waals surface area contributed by atoms with Crippen molar-refractivity contribution >= 4 is 40.0 Å². The number of nitrogens with one attached hydrogen (secondary N) is 1. The van der Waals surface area contributed by atoms with E-state index < -0.39 is 11.6 Å². The highest BCUT2D eigenvalue weighted by Gasteiger charge is 2.49. The summed E-state index contributed by atoms with van der Waals surface area (Å²) in [5.74, 6) is -0.120. The molecule has 0 saturated carbocycles. The van der Waals surface area contributed by atoms with Crippen LogP contribution in [0, 0.1) is 6.92 Å². The van der Waals surface area contributed by atoms with Gasteiger partial charge in [0.05, 0.1) is 17.9 Å². The number of aromatic nitrogens is 1. The van der Waals surface area contributed by atoms with Crippen LogP contribution in [0.4, 0.5) is 15.6 Å². The topological polar surface area (TPSA) is 82.6 Å². The van der Waals surface area contributed by atoms with Gasteiger partial charge in [-0.25, -0.2) is 9.78 Å². The Hall–Kier alpha value is -3.52. The van der Waals surface area contributed by atoms with Crippen LogP contribution in [-0.2, 0) is 21.7 Å². The van der Waals surface area contributed by atoms with Crippen LogP contribution in [0.5, 0.6) is 0 Å². The van der Waals surface area contributed by atoms with Crippen molar-refractivity contribution in [3.05, 3.63) is 76.3 Å². The molecule has 3 aromatic rings. The third-order valence-electron chi connectivity index (χ3n) is 6.06. The van der Waals surface area contributed by atoms with Crippen molar-refractivity contribution in [1.82, 2.24) is 15.2 Å². The number of benzene rings is 2. The van der Waals surface area contributed by atoms with Gasteiger partial charge >= 0.3 is 6.03 Å². The summed E-state index contributed by atoms with van der Waals surface area (Å²) in [5, 5.41) is 5.11. The monoisotopic (exact) mass is 476 g/mol. The highest BCUT2D eigenvalue weighted by Crippen LogP contribution is 2.33. The summed E-state index contributed by atoms with van der Waals surface area (Å²) in [6, 6.07) is 14.9. The molecule has 0 radical (unpaired) electrons. The molecule has 0 bridgehead atoms. The van der Waals surface area contributed by atoms with Crippen molar-refractivity contribution in [2.75, 3.05) is 4.90 Å². The zero-order valence-electron chi connectivity index (χ0n) is 20.0. The van der Waals surface area contributed by atoms with Crippen LogP contribution in [0.25, 0.3) is 0 Å². The fraction of sp³-hybridized carbons (Fsp3) is 0.308. The maximum atomic E-state index is 13.3.